The molecule has 0 atom stereocenters. The molecule has 0 spiro atoms. The van der Waals surface area contributed by atoms with Crippen molar-refractivity contribution >= 4 is 23.6 Å². The van der Waals surface area contributed by atoms with Gasteiger partial charge in [-0.25, -0.2) is 9.18 Å². The molecule has 1 aromatic rings. The second-order valence-electron chi connectivity index (χ2n) is 6.67. The molecule has 0 radical (unpaired) electrons. The lowest BCUT2D eigenvalue weighted by Gasteiger charge is -2.33. The zero-order valence-corrected chi connectivity index (χ0v) is 15.1. The third-order valence-corrected chi connectivity index (χ3v) is 3.52. The van der Waals surface area contributed by atoms with Gasteiger partial charge >= 0.3 is 6.09 Å². The number of nitrogens with one attached hydrogen (secondary N) is 1. The molecule has 1 saturated heterocycles. The van der Waals surface area contributed by atoms with Gasteiger partial charge in [-0.3, -0.25) is 4.79 Å². The normalized spacial score (nSPS) is 22.2. The fraction of sp³-hybridized carbons (Fsp3) is 0.556. The van der Waals surface area contributed by atoms with Gasteiger partial charge in [0.2, 0.25) is 0 Å². The quantitative estimate of drug-likeness (QED) is 0.874. The first-order valence-electron chi connectivity index (χ1n) is 9.83. The van der Waals surface area contributed by atoms with E-state index in [1.165, 1.54) is 6.07 Å². The highest BCUT2D eigenvalue weighted by atomic mass is 35.5. The van der Waals surface area contributed by atoms with Crippen molar-refractivity contribution in [3.63, 3.8) is 0 Å². The summed E-state index contributed by atoms with van der Waals surface area (Å²) < 4.78 is 51.7. The summed E-state index contributed by atoms with van der Waals surface area (Å²) in [6, 6.07) is 3.28. The van der Waals surface area contributed by atoms with Crippen LogP contribution in [0, 0.1) is 11.7 Å². The highest BCUT2D eigenvalue weighted by Crippen LogP contribution is 2.20. The second kappa shape index (κ2) is 8.04. The molecule has 1 aliphatic heterocycles. The maximum absolute atomic E-state index is 13.4. The number of hydrogen-bond donors (Lipinski definition) is 1. The standard InChI is InChI=1S/C18H24ClFN2O3/c1-18(2,3)25-17(24)22-6-4-12(5-7-22)11-21-16(23)13-8-14(19)10-15(20)9-13/h8-10,12H,4-7,11H2,1-3H3,(H,21,23)/i4D2,5D2. The molecule has 0 aliphatic carbocycles. The third kappa shape index (κ3) is 6.20. The first-order chi connectivity index (χ1) is 13.1. The van der Waals surface area contributed by atoms with Gasteiger partial charge in [0.1, 0.15) is 11.4 Å². The van der Waals surface area contributed by atoms with Crippen LogP contribution in [0.5, 0.6) is 0 Å². The molecule has 0 bridgehead atoms. The summed E-state index contributed by atoms with van der Waals surface area (Å²) in [6.45, 7) is 3.88. The third-order valence-electron chi connectivity index (χ3n) is 3.30. The zero-order valence-electron chi connectivity index (χ0n) is 18.4. The Hall–Kier alpha value is -1.82. The number of nitrogens with zero attached hydrogens (tertiary/aromatic N) is 1. The number of ether oxygens (including phenoxy) is 1. The Morgan fingerprint density at radius 1 is 1.36 bits per heavy atom. The molecule has 2 amide bonds. The van der Waals surface area contributed by atoms with Crippen molar-refractivity contribution in [1.29, 1.82) is 0 Å². The molecular weight excluding hydrogens is 347 g/mol. The van der Waals surface area contributed by atoms with Crippen LogP contribution in [0.25, 0.3) is 0 Å². The van der Waals surface area contributed by atoms with E-state index in [4.69, 9.17) is 21.8 Å². The van der Waals surface area contributed by atoms with E-state index in [9.17, 15) is 14.0 Å². The van der Waals surface area contributed by atoms with E-state index in [2.05, 4.69) is 5.32 Å². The zero-order chi connectivity index (χ0) is 22.2. The number of carbonyl (C=O) groups excluding carboxylic acids is 2. The van der Waals surface area contributed by atoms with E-state index in [0.717, 1.165) is 17.0 Å². The van der Waals surface area contributed by atoms with Gasteiger partial charge in [0.25, 0.3) is 5.91 Å². The summed E-state index contributed by atoms with van der Waals surface area (Å²) >= 11 is 5.74. The highest BCUT2D eigenvalue weighted by Gasteiger charge is 2.27. The van der Waals surface area contributed by atoms with Gasteiger partial charge in [-0.2, -0.15) is 0 Å². The molecule has 0 aromatic heterocycles. The van der Waals surface area contributed by atoms with Crippen LogP contribution in [-0.2, 0) is 4.74 Å². The summed E-state index contributed by atoms with van der Waals surface area (Å²) in [5.74, 6) is -2.63. The monoisotopic (exact) mass is 374 g/mol. The van der Waals surface area contributed by atoms with Crippen molar-refractivity contribution in [2.45, 2.75) is 39.1 Å². The first kappa shape index (κ1) is 14.4. The molecule has 2 rings (SSSR count). The molecule has 1 aromatic carbocycles. The SMILES string of the molecule is [2H]C1([2H])CN(C(=O)OC(C)(C)C)CC([2H])([2H])C1CNC(=O)c1cc(F)cc(Cl)c1. The number of likely N-dealkylation sites (tertiary alicyclic amines) is 1. The van der Waals surface area contributed by atoms with Crippen LogP contribution in [0.3, 0.4) is 0 Å². The Kier molecular flexibility index (Phi) is 4.62. The van der Waals surface area contributed by atoms with Gasteiger partial charge in [0.05, 0.1) is 0 Å². The number of hydrogen-bond acceptors (Lipinski definition) is 3. The second-order valence-corrected chi connectivity index (χ2v) is 7.10. The predicted octanol–water partition coefficient (Wildman–Crippen LogP) is 3.86. The Balaban J connectivity index is 2.11. The summed E-state index contributed by atoms with van der Waals surface area (Å²) in [6.07, 6.45) is -5.07. The Morgan fingerprint density at radius 3 is 2.56 bits per heavy atom. The average molecular weight is 375 g/mol. The molecule has 0 unspecified atom stereocenters. The number of carbonyl (C=O) groups is 2. The van der Waals surface area contributed by atoms with E-state index in [-0.39, 0.29) is 30.2 Å². The Morgan fingerprint density at radius 2 is 2.00 bits per heavy atom. The van der Waals surface area contributed by atoms with E-state index in [1.807, 2.05) is 0 Å². The van der Waals surface area contributed by atoms with Crippen LogP contribution in [-0.4, -0.2) is 42.1 Å². The summed E-state index contributed by atoms with van der Waals surface area (Å²) in [5, 5.41) is 2.47. The molecule has 25 heavy (non-hydrogen) atoms. The lowest BCUT2D eigenvalue weighted by atomic mass is 9.97. The molecule has 1 aliphatic rings. The lowest BCUT2D eigenvalue weighted by molar-refractivity contribution is 0.0183. The number of benzene rings is 1. The van der Waals surface area contributed by atoms with Crippen molar-refractivity contribution < 1.29 is 24.2 Å². The van der Waals surface area contributed by atoms with Gasteiger partial charge in [0, 0.05) is 35.7 Å². The molecule has 1 N–H and O–H groups in total. The van der Waals surface area contributed by atoms with E-state index < -0.39 is 42.1 Å². The topological polar surface area (TPSA) is 58.6 Å². The molecule has 1 heterocycles. The van der Waals surface area contributed by atoms with Crippen LogP contribution >= 0.6 is 11.6 Å². The van der Waals surface area contributed by atoms with E-state index in [1.54, 1.807) is 20.8 Å². The smallest absolute Gasteiger partial charge is 0.410 e. The first-order valence-corrected chi connectivity index (χ1v) is 8.21. The summed E-state index contributed by atoms with van der Waals surface area (Å²) in [5.41, 5.74) is -0.851. The lowest BCUT2D eigenvalue weighted by Crippen LogP contribution is -2.43. The fourth-order valence-electron chi connectivity index (χ4n) is 2.15. The largest absolute Gasteiger partial charge is 0.444 e. The Bertz CT molecular complexity index is 764. The number of halogens is 2. The predicted molar refractivity (Wildman–Crippen MR) is 94.3 cm³/mol. The number of amides is 2. The van der Waals surface area contributed by atoms with E-state index >= 15 is 0 Å². The fourth-order valence-corrected chi connectivity index (χ4v) is 2.37. The van der Waals surface area contributed by atoms with Gasteiger partial charge in [-0.1, -0.05) is 11.6 Å². The minimum atomic E-state index is -2.13. The van der Waals surface area contributed by atoms with Crippen LogP contribution in [0.4, 0.5) is 9.18 Å². The van der Waals surface area contributed by atoms with Crippen molar-refractivity contribution in [1.82, 2.24) is 10.2 Å². The van der Waals surface area contributed by atoms with Gasteiger partial charge in [-0.15, -0.1) is 0 Å². The maximum atomic E-state index is 13.4. The van der Waals surface area contributed by atoms with E-state index in [0.29, 0.717) is 0 Å². The molecule has 0 saturated carbocycles. The molecule has 1 fully saturated rings. The van der Waals surface area contributed by atoms with Gasteiger partial charge in [0.15, 0.2) is 0 Å². The molecule has 138 valence electrons. The van der Waals surface area contributed by atoms with Crippen LogP contribution in [0.2, 0.25) is 5.02 Å². The molecular formula is C18H24ClFN2O3. The van der Waals surface area contributed by atoms with Crippen molar-refractivity contribution in [2.24, 2.45) is 5.92 Å². The molecule has 5 nitrogen and oxygen atoms in total. The summed E-state index contributed by atoms with van der Waals surface area (Å²) in [4.78, 5) is 25.5. The van der Waals surface area contributed by atoms with Crippen LogP contribution in [0.15, 0.2) is 18.2 Å². The number of rotatable bonds is 3. The highest BCUT2D eigenvalue weighted by molar-refractivity contribution is 6.31. The number of piperidine rings is 1. The van der Waals surface area contributed by atoms with Gasteiger partial charge in [-0.05, 0) is 57.6 Å². The van der Waals surface area contributed by atoms with Crippen LogP contribution in [0.1, 0.15) is 49.4 Å². The van der Waals surface area contributed by atoms with Crippen molar-refractivity contribution in [3.8, 4) is 0 Å². The van der Waals surface area contributed by atoms with Crippen molar-refractivity contribution in [2.75, 3.05) is 19.6 Å². The van der Waals surface area contributed by atoms with Crippen LogP contribution < -0.4 is 5.32 Å². The van der Waals surface area contributed by atoms with Gasteiger partial charge < -0.3 is 15.0 Å². The minimum Gasteiger partial charge on any atom is -0.444 e. The maximum Gasteiger partial charge on any atom is 0.410 e. The Labute approximate surface area is 158 Å². The average Bonchev–Trinajstić information content (AvgIpc) is 2.49. The minimum absolute atomic E-state index is 0.0338. The molecule has 7 heteroatoms. The summed E-state index contributed by atoms with van der Waals surface area (Å²) in [7, 11) is 0. The van der Waals surface area contributed by atoms with Crippen molar-refractivity contribution in [3.05, 3.63) is 34.6 Å².